The zero-order valence-electron chi connectivity index (χ0n) is 12.7. The summed E-state index contributed by atoms with van der Waals surface area (Å²) in [7, 11) is -3.18. The molecule has 0 aliphatic carbocycles. The highest BCUT2D eigenvalue weighted by Crippen LogP contribution is 2.37. The largest absolute Gasteiger partial charge is 0.369 e. The average Bonchev–Trinajstić information content (AvgIpc) is 2.43. The maximum absolute atomic E-state index is 14.2. The molecule has 2 heterocycles. The minimum Gasteiger partial charge on any atom is -0.369 e. The first-order valence-electron chi connectivity index (χ1n) is 7.03. The lowest BCUT2D eigenvalue weighted by molar-refractivity contribution is -0.000390. The van der Waals surface area contributed by atoms with Crippen molar-refractivity contribution in [3.63, 3.8) is 0 Å². The fourth-order valence-corrected chi connectivity index (χ4v) is 5.33. The smallest absolute Gasteiger partial charge is 0.286 e. The lowest BCUT2D eigenvalue weighted by Gasteiger charge is -2.42. The van der Waals surface area contributed by atoms with Crippen molar-refractivity contribution in [3.8, 4) is 0 Å². The Morgan fingerprint density at radius 1 is 1.39 bits per heavy atom. The summed E-state index contributed by atoms with van der Waals surface area (Å²) in [6.07, 6.45) is 0. The Morgan fingerprint density at radius 2 is 2.09 bits per heavy atom. The van der Waals surface area contributed by atoms with E-state index in [2.05, 4.69) is 9.36 Å². The van der Waals surface area contributed by atoms with Gasteiger partial charge in [-0.15, -0.1) is 0 Å². The third-order valence-electron chi connectivity index (χ3n) is 4.00. The van der Waals surface area contributed by atoms with Crippen molar-refractivity contribution in [2.24, 2.45) is 15.1 Å². The van der Waals surface area contributed by atoms with E-state index in [0.29, 0.717) is 0 Å². The van der Waals surface area contributed by atoms with Crippen LogP contribution >= 0.6 is 0 Å². The van der Waals surface area contributed by atoms with Crippen molar-refractivity contribution in [1.29, 1.82) is 0 Å². The summed E-state index contributed by atoms with van der Waals surface area (Å²) in [6.45, 7) is 1.75. The molecule has 0 radical (unpaired) electrons. The number of aryl methyl sites for hydroxylation is 1. The second kappa shape index (κ2) is 4.86. The molecule has 1 unspecified atom stereocenters. The Balaban J connectivity index is 2.14. The van der Waals surface area contributed by atoms with Crippen LogP contribution in [-0.2, 0) is 15.5 Å². The summed E-state index contributed by atoms with van der Waals surface area (Å²) >= 11 is 0. The predicted molar refractivity (Wildman–Crippen MR) is 82.1 cm³/mol. The van der Waals surface area contributed by atoms with Crippen LogP contribution in [0.1, 0.15) is 18.1 Å². The second-order valence-corrected chi connectivity index (χ2v) is 8.36. The van der Waals surface area contributed by atoms with E-state index in [4.69, 9.17) is 5.73 Å². The fourth-order valence-electron chi connectivity index (χ4n) is 2.87. The number of rotatable bonds is 1. The number of nitrogens with two attached hydrogens (primary N) is 1. The van der Waals surface area contributed by atoms with Crippen molar-refractivity contribution in [1.82, 2.24) is 4.31 Å². The van der Waals surface area contributed by atoms with Gasteiger partial charge in [0.05, 0.1) is 5.75 Å². The number of nitrogens with zero attached hydrogens (tertiary/aromatic N) is 3. The molecule has 1 aromatic carbocycles. The molecule has 0 spiro atoms. The minimum atomic E-state index is -3.18. The van der Waals surface area contributed by atoms with Crippen LogP contribution in [0, 0.1) is 12.7 Å². The molecule has 1 aromatic rings. The Morgan fingerprint density at radius 3 is 2.78 bits per heavy atom. The van der Waals surface area contributed by atoms with E-state index < -0.39 is 40.3 Å². The lowest BCUT2D eigenvalue weighted by atomic mass is 9.93. The average molecular weight is 346 g/mol. The number of guanidine groups is 1. The van der Waals surface area contributed by atoms with E-state index in [0.717, 1.165) is 9.87 Å². The van der Waals surface area contributed by atoms with Crippen molar-refractivity contribution in [2.45, 2.75) is 25.3 Å². The SMILES string of the molecule is Cc1ccc(F)c([C@]2(C)CS3(=O)=NCC(F)(F)CN3C(N)=N2)c1. The number of halogens is 3. The van der Waals surface area contributed by atoms with E-state index in [1.54, 1.807) is 26.0 Å². The van der Waals surface area contributed by atoms with Crippen molar-refractivity contribution < 1.29 is 17.4 Å². The maximum atomic E-state index is 14.2. The molecule has 2 N–H and O–H groups in total. The summed E-state index contributed by atoms with van der Waals surface area (Å²) in [4.78, 5) is 4.19. The fraction of sp³-hybridized carbons (Fsp3) is 0.500. The van der Waals surface area contributed by atoms with E-state index in [-0.39, 0.29) is 17.3 Å². The van der Waals surface area contributed by atoms with Crippen LogP contribution in [-0.4, -0.2) is 39.2 Å². The zero-order valence-corrected chi connectivity index (χ0v) is 13.5. The van der Waals surface area contributed by atoms with Crippen LogP contribution in [0.3, 0.4) is 0 Å². The molecule has 126 valence electrons. The van der Waals surface area contributed by atoms with Crippen LogP contribution in [0.2, 0.25) is 0 Å². The lowest BCUT2D eigenvalue weighted by Crippen LogP contribution is -2.58. The van der Waals surface area contributed by atoms with Gasteiger partial charge in [0.2, 0.25) is 5.96 Å². The van der Waals surface area contributed by atoms with Crippen LogP contribution in [0.4, 0.5) is 13.2 Å². The normalized spacial score (nSPS) is 32.7. The molecule has 23 heavy (non-hydrogen) atoms. The highest BCUT2D eigenvalue weighted by molar-refractivity contribution is 7.92. The van der Waals surface area contributed by atoms with Crippen molar-refractivity contribution in [2.75, 3.05) is 18.8 Å². The standard InChI is InChI=1S/C14H17F3N4OS/c1-9-3-4-11(15)10(5-9)13(2)8-23(22)19-6-14(16,17)7-21(23)12(18)20-13/h3-5H,6-8H2,1-2H3,(H2,18,20)/t13-,23?/m0/s1. The molecule has 0 saturated heterocycles. The molecule has 0 bridgehead atoms. The van der Waals surface area contributed by atoms with Gasteiger partial charge in [0, 0.05) is 5.56 Å². The number of alkyl halides is 2. The molecule has 2 aliphatic heterocycles. The third kappa shape index (κ3) is 2.66. The van der Waals surface area contributed by atoms with Crippen LogP contribution in [0.5, 0.6) is 0 Å². The number of hydrogen-bond donors (Lipinski definition) is 1. The van der Waals surface area contributed by atoms with Gasteiger partial charge in [0.25, 0.3) is 5.92 Å². The van der Waals surface area contributed by atoms with Gasteiger partial charge in [0.15, 0.2) is 0 Å². The van der Waals surface area contributed by atoms with Gasteiger partial charge in [-0.3, -0.25) is 0 Å². The van der Waals surface area contributed by atoms with Crippen LogP contribution in [0.15, 0.2) is 27.6 Å². The Bertz CT molecular complexity index is 816. The molecule has 0 amide bonds. The summed E-state index contributed by atoms with van der Waals surface area (Å²) in [5.41, 5.74) is 5.60. The first-order valence-corrected chi connectivity index (χ1v) is 8.67. The summed E-state index contributed by atoms with van der Waals surface area (Å²) in [6, 6.07) is 4.50. The van der Waals surface area contributed by atoms with Crippen LogP contribution < -0.4 is 5.73 Å². The molecule has 0 aromatic heterocycles. The molecule has 2 aliphatic rings. The van der Waals surface area contributed by atoms with E-state index >= 15 is 0 Å². The zero-order chi connectivity index (χ0) is 17.0. The van der Waals surface area contributed by atoms with E-state index in [1.807, 2.05) is 0 Å². The summed E-state index contributed by atoms with van der Waals surface area (Å²) < 4.78 is 58.8. The number of benzene rings is 1. The predicted octanol–water partition coefficient (Wildman–Crippen LogP) is 2.01. The molecular weight excluding hydrogens is 329 g/mol. The molecule has 3 rings (SSSR count). The summed E-state index contributed by atoms with van der Waals surface area (Å²) in [5.74, 6) is -4.10. The molecular formula is C14H17F3N4OS. The topological polar surface area (TPSA) is 71.0 Å². The molecule has 0 saturated carbocycles. The second-order valence-electron chi connectivity index (χ2n) is 6.16. The van der Waals surface area contributed by atoms with Gasteiger partial charge in [-0.1, -0.05) is 17.7 Å². The summed E-state index contributed by atoms with van der Waals surface area (Å²) in [5, 5.41) is 0. The number of aliphatic imine (C=N–C) groups is 1. The van der Waals surface area contributed by atoms with Crippen LogP contribution in [0.25, 0.3) is 0 Å². The Hall–Kier alpha value is -1.77. The van der Waals surface area contributed by atoms with E-state index in [1.165, 1.54) is 6.07 Å². The highest BCUT2D eigenvalue weighted by atomic mass is 32.2. The minimum absolute atomic E-state index is 0.183. The van der Waals surface area contributed by atoms with Gasteiger partial charge >= 0.3 is 0 Å². The monoisotopic (exact) mass is 346 g/mol. The molecule has 2 atom stereocenters. The first kappa shape index (κ1) is 16.1. The third-order valence-corrected chi connectivity index (χ3v) is 6.48. The molecule has 5 nitrogen and oxygen atoms in total. The van der Waals surface area contributed by atoms with Crippen molar-refractivity contribution >= 4 is 15.9 Å². The maximum Gasteiger partial charge on any atom is 0.286 e. The Kier molecular flexibility index (Phi) is 3.40. The van der Waals surface area contributed by atoms with Gasteiger partial charge in [0.1, 0.15) is 34.4 Å². The van der Waals surface area contributed by atoms with Crippen molar-refractivity contribution in [3.05, 3.63) is 35.1 Å². The van der Waals surface area contributed by atoms with E-state index in [9.17, 15) is 17.4 Å². The quantitative estimate of drug-likeness (QED) is 0.845. The van der Waals surface area contributed by atoms with Gasteiger partial charge in [-0.05, 0) is 19.9 Å². The first-order chi connectivity index (χ1) is 10.5. The number of hydrogen-bond acceptors (Lipinski definition) is 4. The number of fused-ring (bicyclic) bond motifs is 1. The Labute approximate surface area is 132 Å². The van der Waals surface area contributed by atoms with Gasteiger partial charge in [-0.25, -0.2) is 31.0 Å². The highest BCUT2D eigenvalue weighted by Gasteiger charge is 2.48. The molecule has 9 heteroatoms. The van der Waals surface area contributed by atoms with Gasteiger partial charge in [-0.2, -0.15) is 0 Å². The van der Waals surface area contributed by atoms with Gasteiger partial charge < -0.3 is 5.73 Å². The molecule has 0 fully saturated rings.